The average Bonchev–Trinajstić information content (AvgIpc) is 3.51. The number of amides is 1. The molecule has 1 amide bonds. The number of hydrogen-bond donors (Lipinski definition) is 2. The molecular formula is C29H34N6O3. The fraction of sp³-hybridized carbons (Fsp3) is 0.448. The third-order valence-corrected chi connectivity index (χ3v) is 8.03. The molecule has 2 fully saturated rings. The molecule has 2 unspecified atom stereocenters. The van der Waals surface area contributed by atoms with E-state index in [1.807, 2.05) is 23.1 Å². The number of carbonyl (C=O) groups is 1. The normalized spacial score (nSPS) is 21.4. The predicted octanol–water partition coefficient (Wildman–Crippen LogP) is 3.18. The van der Waals surface area contributed by atoms with E-state index in [1.165, 1.54) is 5.56 Å². The van der Waals surface area contributed by atoms with Gasteiger partial charge in [0.1, 0.15) is 5.75 Å². The van der Waals surface area contributed by atoms with Gasteiger partial charge in [-0.05, 0) is 55.4 Å². The number of aromatic nitrogens is 3. The molecular weight excluding hydrogens is 480 g/mol. The van der Waals surface area contributed by atoms with Gasteiger partial charge in [0, 0.05) is 38.3 Å². The number of aromatic hydroxyl groups is 1. The minimum absolute atomic E-state index is 0.0599. The van der Waals surface area contributed by atoms with Crippen LogP contribution >= 0.6 is 0 Å². The fourth-order valence-electron chi connectivity index (χ4n) is 6.04. The topological polar surface area (TPSA) is 106 Å². The van der Waals surface area contributed by atoms with Crippen LogP contribution in [0.4, 0.5) is 11.9 Å². The monoisotopic (exact) mass is 514 g/mol. The summed E-state index contributed by atoms with van der Waals surface area (Å²) >= 11 is 0. The van der Waals surface area contributed by atoms with Crippen LogP contribution in [0, 0.1) is 5.92 Å². The molecule has 6 rings (SSSR count). The lowest BCUT2D eigenvalue weighted by Gasteiger charge is -2.37. The van der Waals surface area contributed by atoms with E-state index in [9.17, 15) is 15.0 Å². The number of likely N-dealkylation sites (tertiary alicyclic amines) is 1. The van der Waals surface area contributed by atoms with Gasteiger partial charge in [-0.3, -0.25) is 4.79 Å². The molecule has 2 saturated heterocycles. The van der Waals surface area contributed by atoms with E-state index in [1.54, 1.807) is 18.2 Å². The number of aliphatic hydroxyl groups excluding tert-OH is 1. The highest BCUT2D eigenvalue weighted by molar-refractivity contribution is 5.80. The third kappa shape index (κ3) is 4.78. The number of fused-ring (bicyclic) bond motifs is 1. The van der Waals surface area contributed by atoms with Gasteiger partial charge in [0.15, 0.2) is 5.82 Å². The summed E-state index contributed by atoms with van der Waals surface area (Å²) in [6.07, 6.45) is 4.75. The molecule has 0 spiro atoms. The Balaban J connectivity index is 1.37. The first-order valence-corrected chi connectivity index (χ1v) is 13.7. The molecule has 0 radical (unpaired) electrons. The molecule has 38 heavy (non-hydrogen) atoms. The van der Waals surface area contributed by atoms with Crippen LogP contribution < -0.4 is 9.80 Å². The molecule has 3 aromatic rings. The average molecular weight is 515 g/mol. The van der Waals surface area contributed by atoms with Crippen molar-refractivity contribution in [3.05, 3.63) is 59.7 Å². The molecule has 2 aromatic carbocycles. The van der Waals surface area contributed by atoms with Gasteiger partial charge >= 0.3 is 0 Å². The molecule has 1 aromatic heterocycles. The number of rotatable bonds is 5. The van der Waals surface area contributed by atoms with Crippen LogP contribution in [-0.2, 0) is 11.2 Å². The largest absolute Gasteiger partial charge is 0.508 e. The third-order valence-electron chi connectivity index (χ3n) is 8.03. The van der Waals surface area contributed by atoms with Crippen molar-refractivity contribution in [1.82, 2.24) is 19.9 Å². The van der Waals surface area contributed by atoms with Crippen LogP contribution in [-0.4, -0.2) is 75.3 Å². The Labute approximate surface area is 222 Å². The van der Waals surface area contributed by atoms with Crippen molar-refractivity contribution in [1.29, 1.82) is 0 Å². The molecule has 0 saturated carbocycles. The molecule has 4 heterocycles. The number of carbonyl (C=O) groups excluding carboxylic acids is 1. The fourth-order valence-corrected chi connectivity index (χ4v) is 6.04. The van der Waals surface area contributed by atoms with E-state index < -0.39 is 0 Å². The SMILES string of the molecule is O=C(C1CCCN(c2nc(-c3cccc(O)c3)nc(N3CCc4ccccc4C3CO)n2)C1)N1CCCC1. The van der Waals surface area contributed by atoms with E-state index >= 15 is 0 Å². The van der Waals surface area contributed by atoms with Gasteiger partial charge in [-0.2, -0.15) is 15.0 Å². The van der Waals surface area contributed by atoms with Gasteiger partial charge in [0.2, 0.25) is 17.8 Å². The number of aliphatic hydroxyl groups is 1. The number of anilines is 2. The first kappa shape index (κ1) is 24.6. The number of phenolic OH excluding ortho intramolecular Hbond substituents is 1. The van der Waals surface area contributed by atoms with Gasteiger partial charge in [-0.25, -0.2) is 0 Å². The van der Waals surface area contributed by atoms with Crippen molar-refractivity contribution in [3.8, 4) is 17.1 Å². The summed E-state index contributed by atoms with van der Waals surface area (Å²) in [5, 5.41) is 20.5. The standard InChI is InChI=1S/C29H34N6O3/c36-19-25-24-11-2-1-7-20(24)12-16-35(25)29-31-26(21-8-5-10-23(37)17-21)30-28(32-29)34-15-6-9-22(18-34)27(38)33-13-3-4-14-33/h1-2,5,7-8,10-11,17,22,25,36-37H,3-4,6,9,12-16,18-19H2. The number of hydrogen-bond acceptors (Lipinski definition) is 8. The Morgan fingerprint density at radius 3 is 2.55 bits per heavy atom. The summed E-state index contributed by atoms with van der Waals surface area (Å²) in [6.45, 7) is 3.65. The quantitative estimate of drug-likeness (QED) is 0.535. The second-order valence-corrected chi connectivity index (χ2v) is 10.5. The van der Waals surface area contributed by atoms with Crippen LogP contribution in [0.3, 0.4) is 0 Å². The van der Waals surface area contributed by atoms with E-state index in [0.29, 0.717) is 36.4 Å². The van der Waals surface area contributed by atoms with E-state index in [0.717, 1.165) is 57.3 Å². The molecule has 198 valence electrons. The lowest BCUT2D eigenvalue weighted by atomic mass is 9.93. The highest BCUT2D eigenvalue weighted by Crippen LogP contribution is 2.34. The first-order valence-electron chi connectivity index (χ1n) is 13.7. The lowest BCUT2D eigenvalue weighted by Crippen LogP contribution is -2.45. The van der Waals surface area contributed by atoms with Crippen LogP contribution in [0.1, 0.15) is 42.9 Å². The second kappa shape index (κ2) is 10.6. The Kier molecular flexibility index (Phi) is 6.84. The summed E-state index contributed by atoms with van der Waals surface area (Å²) in [5.74, 6) is 1.79. The minimum Gasteiger partial charge on any atom is -0.508 e. The van der Waals surface area contributed by atoms with Crippen LogP contribution in [0.2, 0.25) is 0 Å². The number of phenols is 1. The second-order valence-electron chi connectivity index (χ2n) is 10.5. The van der Waals surface area contributed by atoms with Gasteiger partial charge < -0.3 is 24.9 Å². The Hall–Kier alpha value is -3.72. The molecule has 9 nitrogen and oxygen atoms in total. The van der Waals surface area contributed by atoms with E-state index in [-0.39, 0.29) is 30.2 Å². The van der Waals surface area contributed by atoms with Crippen LogP contribution in [0.15, 0.2) is 48.5 Å². The summed E-state index contributed by atoms with van der Waals surface area (Å²) in [5.41, 5.74) is 3.00. The lowest BCUT2D eigenvalue weighted by molar-refractivity contribution is -0.134. The maximum Gasteiger partial charge on any atom is 0.231 e. The van der Waals surface area contributed by atoms with Crippen molar-refractivity contribution >= 4 is 17.8 Å². The van der Waals surface area contributed by atoms with Gasteiger partial charge in [-0.1, -0.05) is 36.4 Å². The molecule has 3 aliphatic heterocycles. The maximum absolute atomic E-state index is 13.2. The van der Waals surface area contributed by atoms with Gasteiger partial charge in [0.25, 0.3) is 0 Å². The van der Waals surface area contributed by atoms with Crippen molar-refractivity contribution in [2.24, 2.45) is 5.92 Å². The predicted molar refractivity (Wildman–Crippen MR) is 145 cm³/mol. The van der Waals surface area contributed by atoms with E-state index in [2.05, 4.69) is 21.9 Å². The molecule has 2 N–H and O–H groups in total. The van der Waals surface area contributed by atoms with Crippen LogP contribution in [0.5, 0.6) is 5.75 Å². The molecule has 2 atom stereocenters. The highest BCUT2D eigenvalue weighted by Gasteiger charge is 2.33. The first-order chi connectivity index (χ1) is 18.6. The highest BCUT2D eigenvalue weighted by atomic mass is 16.3. The van der Waals surface area contributed by atoms with Crippen molar-refractivity contribution < 1.29 is 15.0 Å². The molecule has 9 heteroatoms. The zero-order valence-corrected chi connectivity index (χ0v) is 21.5. The van der Waals surface area contributed by atoms with Crippen molar-refractivity contribution in [2.75, 3.05) is 49.1 Å². The zero-order chi connectivity index (χ0) is 26.1. The zero-order valence-electron chi connectivity index (χ0n) is 21.5. The van der Waals surface area contributed by atoms with Gasteiger partial charge in [-0.15, -0.1) is 0 Å². The van der Waals surface area contributed by atoms with Crippen LogP contribution in [0.25, 0.3) is 11.4 Å². The van der Waals surface area contributed by atoms with Crippen molar-refractivity contribution in [2.45, 2.75) is 38.1 Å². The Morgan fingerprint density at radius 1 is 0.921 bits per heavy atom. The number of piperidine rings is 1. The molecule has 3 aliphatic rings. The van der Waals surface area contributed by atoms with E-state index in [4.69, 9.17) is 15.0 Å². The minimum atomic E-state index is -0.266. The summed E-state index contributed by atoms with van der Waals surface area (Å²) in [4.78, 5) is 33.9. The smallest absolute Gasteiger partial charge is 0.231 e. The summed E-state index contributed by atoms with van der Waals surface area (Å²) < 4.78 is 0. The summed E-state index contributed by atoms with van der Waals surface area (Å²) in [6, 6.07) is 14.8. The summed E-state index contributed by atoms with van der Waals surface area (Å²) in [7, 11) is 0. The maximum atomic E-state index is 13.2. The molecule has 0 aliphatic carbocycles. The Bertz CT molecular complexity index is 1310. The Morgan fingerprint density at radius 2 is 1.74 bits per heavy atom. The number of nitrogens with zero attached hydrogens (tertiary/aromatic N) is 6. The van der Waals surface area contributed by atoms with Gasteiger partial charge in [0.05, 0.1) is 18.6 Å². The molecule has 0 bridgehead atoms. The van der Waals surface area contributed by atoms with Crippen molar-refractivity contribution in [3.63, 3.8) is 0 Å². The number of benzene rings is 2.